The minimum Gasteiger partial charge on any atom is -0.496 e. The topological polar surface area (TPSA) is 59.4 Å². The number of benzene rings is 1. The zero-order chi connectivity index (χ0) is 14.5. The van der Waals surface area contributed by atoms with Gasteiger partial charge < -0.3 is 9.84 Å². The van der Waals surface area contributed by atoms with Crippen LogP contribution in [-0.4, -0.2) is 23.2 Å². The first-order chi connectivity index (χ1) is 9.61. The molecule has 0 atom stereocenters. The number of carboxylic acid groups (broad SMARTS) is 1. The van der Waals surface area contributed by atoms with Gasteiger partial charge in [0.1, 0.15) is 10.8 Å². The summed E-state index contributed by atoms with van der Waals surface area (Å²) >= 11 is 4.95. The maximum atomic E-state index is 11.0. The third-order valence-electron chi connectivity index (χ3n) is 2.62. The monoisotopic (exact) mass is 353 g/mol. The molecule has 1 N–H and O–H groups in total. The van der Waals surface area contributed by atoms with Crippen LogP contribution in [-0.2, 0) is 5.75 Å². The molecule has 1 aromatic heterocycles. The predicted molar refractivity (Wildman–Crippen MR) is 81.5 cm³/mol. The molecule has 0 radical (unpaired) electrons. The van der Waals surface area contributed by atoms with Gasteiger partial charge in [-0.05, 0) is 46.3 Å². The predicted octanol–water partition coefficient (Wildman–Crippen LogP) is 3.84. The first kappa shape index (κ1) is 14.9. The van der Waals surface area contributed by atoms with Gasteiger partial charge >= 0.3 is 5.97 Å². The van der Waals surface area contributed by atoms with Crippen LogP contribution in [0.3, 0.4) is 0 Å². The van der Waals surface area contributed by atoms with Gasteiger partial charge in [0.15, 0.2) is 0 Å². The van der Waals surface area contributed by atoms with Crippen LogP contribution in [0.15, 0.2) is 46.0 Å². The maximum absolute atomic E-state index is 11.0. The van der Waals surface area contributed by atoms with E-state index in [1.807, 2.05) is 12.1 Å². The zero-order valence-corrected chi connectivity index (χ0v) is 13.1. The highest BCUT2D eigenvalue weighted by molar-refractivity contribution is 9.10. The summed E-state index contributed by atoms with van der Waals surface area (Å²) in [7, 11) is 1.57. The maximum Gasteiger partial charge on any atom is 0.335 e. The van der Waals surface area contributed by atoms with Crippen LogP contribution in [0.25, 0.3) is 0 Å². The summed E-state index contributed by atoms with van der Waals surface area (Å²) in [5.74, 6) is 0.312. The number of carboxylic acids is 1. The number of aromatic carboxylic acids is 1. The Balaban J connectivity index is 2.22. The van der Waals surface area contributed by atoms with Crippen LogP contribution in [0.1, 0.15) is 15.9 Å². The molecule has 0 aliphatic rings. The lowest BCUT2D eigenvalue weighted by Gasteiger charge is -2.09. The van der Waals surface area contributed by atoms with E-state index >= 15 is 0 Å². The summed E-state index contributed by atoms with van der Waals surface area (Å²) in [6.45, 7) is 0. The van der Waals surface area contributed by atoms with Crippen molar-refractivity contribution in [3.05, 3.63) is 52.1 Å². The van der Waals surface area contributed by atoms with Crippen molar-refractivity contribution in [2.45, 2.75) is 10.8 Å². The van der Waals surface area contributed by atoms with E-state index in [1.54, 1.807) is 25.4 Å². The molecule has 0 spiro atoms. The first-order valence-corrected chi connectivity index (χ1v) is 7.53. The normalized spacial score (nSPS) is 10.3. The molecule has 0 aliphatic heterocycles. The fourth-order valence-electron chi connectivity index (χ4n) is 1.65. The van der Waals surface area contributed by atoms with Gasteiger partial charge in [-0.1, -0.05) is 0 Å². The Morgan fingerprint density at radius 2 is 2.25 bits per heavy atom. The number of halogens is 1. The smallest absolute Gasteiger partial charge is 0.335 e. The number of hydrogen-bond donors (Lipinski definition) is 1. The molecular formula is C14H12BrNO3S. The molecule has 0 aliphatic carbocycles. The Labute approximate surface area is 129 Å². The van der Waals surface area contributed by atoms with Gasteiger partial charge in [0.2, 0.25) is 0 Å². The van der Waals surface area contributed by atoms with E-state index in [0.29, 0.717) is 11.5 Å². The third-order valence-corrected chi connectivity index (χ3v) is 4.57. The fraction of sp³-hybridized carbons (Fsp3) is 0.143. The molecule has 0 bridgehead atoms. The molecule has 2 rings (SSSR count). The van der Waals surface area contributed by atoms with Gasteiger partial charge in [0.05, 0.1) is 12.7 Å². The van der Waals surface area contributed by atoms with E-state index in [2.05, 4.69) is 20.9 Å². The number of pyridine rings is 1. The lowest BCUT2D eigenvalue weighted by atomic mass is 10.1. The van der Waals surface area contributed by atoms with Gasteiger partial charge in [0.25, 0.3) is 0 Å². The Morgan fingerprint density at radius 1 is 1.45 bits per heavy atom. The van der Waals surface area contributed by atoms with Crippen LogP contribution in [0, 0.1) is 0 Å². The van der Waals surface area contributed by atoms with Gasteiger partial charge in [-0.25, -0.2) is 9.78 Å². The average Bonchev–Trinajstić information content (AvgIpc) is 2.46. The summed E-state index contributed by atoms with van der Waals surface area (Å²) in [6.07, 6.45) is 1.72. The van der Waals surface area contributed by atoms with Crippen molar-refractivity contribution in [3.63, 3.8) is 0 Å². The molecule has 0 saturated heterocycles. The van der Waals surface area contributed by atoms with Crippen molar-refractivity contribution in [3.8, 4) is 5.75 Å². The highest BCUT2D eigenvalue weighted by Gasteiger charge is 2.10. The van der Waals surface area contributed by atoms with Gasteiger partial charge in [-0.2, -0.15) is 0 Å². The molecule has 0 unspecified atom stereocenters. The first-order valence-electron chi connectivity index (χ1n) is 5.75. The number of carbonyl (C=O) groups is 1. The number of nitrogens with zero attached hydrogens (tertiary/aromatic N) is 1. The molecule has 0 amide bonds. The van der Waals surface area contributed by atoms with Crippen LogP contribution in [0.2, 0.25) is 0 Å². The van der Waals surface area contributed by atoms with Gasteiger partial charge in [-0.15, -0.1) is 11.8 Å². The SMILES string of the molecule is COc1ccc(C(=O)O)cc1CSc1ncccc1Br. The van der Waals surface area contributed by atoms with E-state index in [-0.39, 0.29) is 5.56 Å². The number of ether oxygens (including phenoxy) is 1. The summed E-state index contributed by atoms with van der Waals surface area (Å²) in [5, 5.41) is 9.89. The lowest BCUT2D eigenvalue weighted by Crippen LogP contribution is -1.99. The van der Waals surface area contributed by atoms with Crippen LogP contribution < -0.4 is 4.74 Å². The standard InChI is InChI=1S/C14H12BrNO3S/c1-19-12-5-4-9(14(17)18)7-10(12)8-20-13-11(15)3-2-6-16-13/h2-7H,8H2,1H3,(H,17,18). The van der Waals surface area contributed by atoms with Crippen molar-refractivity contribution in [2.75, 3.05) is 7.11 Å². The Kier molecular flexibility index (Phi) is 5.03. The van der Waals surface area contributed by atoms with E-state index in [4.69, 9.17) is 9.84 Å². The van der Waals surface area contributed by atoms with Crippen molar-refractivity contribution in [1.82, 2.24) is 4.98 Å². The summed E-state index contributed by atoms with van der Waals surface area (Å²) in [4.78, 5) is 15.3. The number of rotatable bonds is 5. The summed E-state index contributed by atoms with van der Waals surface area (Å²) < 4.78 is 6.18. The second-order valence-electron chi connectivity index (χ2n) is 3.91. The second kappa shape index (κ2) is 6.76. The molecule has 0 saturated carbocycles. The number of thioether (sulfide) groups is 1. The highest BCUT2D eigenvalue weighted by Crippen LogP contribution is 2.31. The zero-order valence-electron chi connectivity index (χ0n) is 10.7. The van der Waals surface area contributed by atoms with Crippen molar-refractivity contribution < 1.29 is 14.6 Å². The van der Waals surface area contributed by atoms with E-state index < -0.39 is 5.97 Å². The second-order valence-corrected chi connectivity index (χ2v) is 5.73. The summed E-state index contributed by atoms with van der Waals surface area (Å²) in [5.41, 5.74) is 1.08. The minimum absolute atomic E-state index is 0.251. The molecule has 104 valence electrons. The van der Waals surface area contributed by atoms with Crippen LogP contribution in [0.5, 0.6) is 5.75 Å². The van der Waals surface area contributed by atoms with Gasteiger partial charge in [0, 0.05) is 22.0 Å². The lowest BCUT2D eigenvalue weighted by molar-refractivity contribution is 0.0696. The summed E-state index contributed by atoms with van der Waals surface area (Å²) in [6, 6.07) is 8.60. The Bertz CT molecular complexity index is 634. The van der Waals surface area contributed by atoms with Crippen LogP contribution in [0.4, 0.5) is 0 Å². The highest BCUT2D eigenvalue weighted by atomic mass is 79.9. The molecular weight excluding hydrogens is 342 g/mol. The van der Waals surface area contributed by atoms with E-state index in [0.717, 1.165) is 15.1 Å². The van der Waals surface area contributed by atoms with Crippen LogP contribution >= 0.6 is 27.7 Å². The molecule has 1 aromatic carbocycles. The minimum atomic E-state index is -0.946. The number of methoxy groups -OCH3 is 1. The fourth-order valence-corrected chi connectivity index (χ4v) is 3.11. The largest absolute Gasteiger partial charge is 0.496 e. The molecule has 2 aromatic rings. The number of aromatic nitrogens is 1. The number of hydrogen-bond acceptors (Lipinski definition) is 4. The average molecular weight is 354 g/mol. The molecule has 20 heavy (non-hydrogen) atoms. The Morgan fingerprint density at radius 3 is 2.90 bits per heavy atom. The van der Waals surface area contributed by atoms with E-state index in [9.17, 15) is 4.79 Å². The van der Waals surface area contributed by atoms with Gasteiger partial charge in [-0.3, -0.25) is 0 Å². The molecule has 6 heteroatoms. The quantitative estimate of drug-likeness (QED) is 0.827. The molecule has 1 heterocycles. The third kappa shape index (κ3) is 3.52. The Hall–Kier alpha value is -1.53. The molecule has 0 fully saturated rings. The van der Waals surface area contributed by atoms with E-state index in [1.165, 1.54) is 17.8 Å². The van der Waals surface area contributed by atoms with Crippen molar-refractivity contribution >= 4 is 33.7 Å². The van der Waals surface area contributed by atoms with Crippen molar-refractivity contribution in [1.29, 1.82) is 0 Å². The van der Waals surface area contributed by atoms with Crippen molar-refractivity contribution in [2.24, 2.45) is 0 Å². The molecule has 4 nitrogen and oxygen atoms in total.